The van der Waals surface area contributed by atoms with Crippen LogP contribution in [0.25, 0.3) is 32.4 Å². The van der Waals surface area contributed by atoms with Gasteiger partial charge in [0.1, 0.15) is 11.2 Å². The van der Waals surface area contributed by atoms with Gasteiger partial charge in [-0.05, 0) is 36.1 Å². The highest BCUT2D eigenvalue weighted by atomic mass is 32.1. The zero-order valence-electron chi connectivity index (χ0n) is 14.9. The number of ketones is 1. The minimum Gasteiger partial charge on any atom is -0.452 e. The minimum absolute atomic E-state index is 0.205. The average Bonchev–Trinajstić information content (AvgIpc) is 3.35. The molecule has 0 spiro atoms. The predicted molar refractivity (Wildman–Crippen MR) is 110 cm³/mol. The summed E-state index contributed by atoms with van der Waals surface area (Å²) in [6.45, 7) is 1.87. The van der Waals surface area contributed by atoms with Crippen LogP contribution in [-0.2, 0) is 0 Å². The average molecular weight is 386 g/mol. The number of fused-ring (bicyclic) bond motifs is 3. The maximum absolute atomic E-state index is 13.2. The summed E-state index contributed by atoms with van der Waals surface area (Å²) < 4.78 is 11.6. The van der Waals surface area contributed by atoms with E-state index in [1.165, 1.54) is 17.4 Å². The molecule has 136 valence electrons. The predicted octanol–water partition coefficient (Wildman–Crippen LogP) is 5.81. The number of furan rings is 1. The number of benzene rings is 2. The van der Waals surface area contributed by atoms with E-state index in [0.29, 0.717) is 27.7 Å². The summed E-state index contributed by atoms with van der Waals surface area (Å²) in [5.41, 5.74) is 2.57. The second-order valence-electron chi connectivity index (χ2n) is 6.54. The highest BCUT2D eigenvalue weighted by Gasteiger charge is 2.26. The lowest BCUT2D eigenvalue weighted by Gasteiger charge is -2.03. The van der Waals surface area contributed by atoms with E-state index in [9.17, 15) is 9.59 Å². The van der Waals surface area contributed by atoms with E-state index in [2.05, 4.69) is 0 Å². The monoisotopic (exact) mass is 386 g/mol. The van der Waals surface area contributed by atoms with Crippen molar-refractivity contribution in [3.05, 3.63) is 93.4 Å². The molecular formula is C23H14O4S. The van der Waals surface area contributed by atoms with Gasteiger partial charge in [0.15, 0.2) is 5.76 Å². The molecule has 0 saturated carbocycles. The first-order chi connectivity index (χ1) is 13.6. The largest absolute Gasteiger partial charge is 0.452 e. The first kappa shape index (κ1) is 16.7. The maximum atomic E-state index is 13.2. The lowest BCUT2D eigenvalue weighted by Crippen LogP contribution is -2.01. The molecule has 0 atom stereocenters. The van der Waals surface area contributed by atoms with Crippen molar-refractivity contribution >= 4 is 39.1 Å². The number of carbonyl (C=O) groups excluding carboxylic acids is 1. The third kappa shape index (κ3) is 2.52. The van der Waals surface area contributed by atoms with Crippen LogP contribution < -0.4 is 5.63 Å². The lowest BCUT2D eigenvalue weighted by atomic mass is 10.0. The molecule has 0 aliphatic carbocycles. The van der Waals surface area contributed by atoms with Gasteiger partial charge < -0.3 is 8.83 Å². The highest BCUT2D eigenvalue weighted by Crippen LogP contribution is 2.41. The Labute approximate surface area is 163 Å². The van der Waals surface area contributed by atoms with Crippen molar-refractivity contribution in [1.82, 2.24) is 0 Å². The zero-order chi connectivity index (χ0) is 19.3. The van der Waals surface area contributed by atoms with Crippen LogP contribution in [-0.4, -0.2) is 5.78 Å². The molecule has 3 heterocycles. The molecule has 5 rings (SSSR count). The van der Waals surface area contributed by atoms with Crippen LogP contribution in [0, 0.1) is 6.92 Å². The Morgan fingerprint density at radius 3 is 2.54 bits per heavy atom. The molecule has 5 heteroatoms. The van der Waals surface area contributed by atoms with Crippen LogP contribution in [0.3, 0.4) is 0 Å². The Hall–Kier alpha value is -3.44. The third-order valence-electron chi connectivity index (χ3n) is 4.78. The van der Waals surface area contributed by atoms with E-state index in [1.807, 2.05) is 54.8 Å². The normalized spacial score (nSPS) is 11.3. The van der Waals surface area contributed by atoms with Crippen LogP contribution in [0.5, 0.6) is 0 Å². The van der Waals surface area contributed by atoms with E-state index < -0.39 is 5.63 Å². The van der Waals surface area contributed by atoms with Gasteiger partial charge in [-0.1, -0.05) is 36.4 Å². The molecule has 0 bridgehead atoms. The van der Waals surface area contributed by atoms with E-state index in [0.717, 1.165) is 15.8 Å². The molecule has 0 unspecified atom stereocenters. The Bertz CT molecular complexity index is 1390. The Morgan fingerprint density at radius 2 is 1.79 bits per heavy atom. The number of hydrogen-bond acceptors (Lipinski definition) is 5. The van der Waals surface area contributed by atoms with Crippen LogP contribution in [0.1, 0.15) is 21.7 Å². The fraction of sp³-hybridized carbons (Fsp3) is 0.0435. The molecule has 2 aromatic carbocycles. The second-order valence-corrected chi connectivity index (χ2v) is 7.49. The number of hydrogen-bond donors (Lipinski definition) is 0. The third-order valence-corrected chi connectivity index (χ3v) is 5.67. The van der Waals surface area contributed by atoms with Crippen molar-refractivity contribution in [2.75, 3.05) is 0 Å². The van der Waals surface area contributed by atoms with E-state index in [1.54, 1.807) is 12.1 Å². The maximum Gasteiger partial charge on any atom is 0.336 e. The summed E-state index contributed by atoms with van der Waals surface area (Å²) in [7, 11) is 0. The van der Waals surface area contributed by atoms with Gasteiger partial charge in [-0.3, -0.25) is 4.79 Å². The first-order valence-corrected chi connectivity index (χ1v) is 9.65. The van der Waals surface area contributed by atoms with Gasteiger partial charge in [0.05, 0.1) is 10.9 Å². The molecule has 5 aromatic rings. The molecule has 0 aliphatic rings. The van der Waals surface area contributed by atoms with Gasteiger partial charge in [0, 0.05) is 21.9 Å². The SMILES string of the molecule is Cc1cc(=O)oc2c1ccc1oc(C(=O)c3ccccc3)c(-c3cccs3)c12. The summed E-state index contributed by atoms with van der Waals surface area (Å²) in [6.07, 6.45) is 0. The second kappa shape index (κ2) is 6.32. The summed E-state index contributed by atoms with van der Waals surface area (Å²) in [6, 6.07) is 18.0. The number of rotatable bonds is 3. The smallest absolute Gasteiger partial charge is 0.336 e. The van der Waals surface area contributed by atoms with Gasteiger partial charge >= 0.3 is 5.63 Å². The molecule has 0 aliphatic heterocycles. The molecule has 28 heavy (non-hydrogen) atoms. The molecule has 0 amide bonds. The van der Waals surface area contributed by atoms with Crippen LogP contribution >= 0.6 is 11.3 Å². The van der Waals surface area contributed by atoms with Crippen LogP contribution in [0.4, 0.5) is 0 Å². The van der Waals surface area contributed by atoms with Crippen molar-refractivity contribution in [3.63, 3.8) is 0 Å². The van der Waals surface area contributed by atoms with Crippen molar-refractivity contribution in [2.45, 2.75) is 6.92 Å². The number of carbonyl (C=O) groups is 1. The van der Waals surface area contributed by atoms with Gasteiger partial charge in [-0.2, -0.15) is 0 Å². The van der Waals surface area contributed by atoms with Gasteiger partial charge in [0.25, 0.3) is 0 Å². The highest BCUT2D eigenvalue weighted by molar-refractivity contribution is 7.13. The summed E-state index contributed by atoms with van der Waals surface area (Å²) in [4.78, 5) is 26.2. The number of thiophene rings is 1. The van der Waals surface area contributed by atoms with Crippen LogP contribution in [0.2, 0.25) is 0 Å². The molecule has 0 radical (unpaired) electrons. The molecule has 0 N–H and O–H groups in total. The lowest BCUT2D eigenvalue weighted by molar-refractivity contribution is 0.101. The van der Waals surface area contributed by atoms with Crippen molar-refractivity contribution in [1.29, 1.82) is 0 Å². The standard InChI is InChI=1S/C23H14O4S/c1-13-12-18(24)27-22-15(13)9-10-16-19(22)20(17-8-5-11-28-17)23(26-16)21(25)14-6-3-2-4-7-14/h2-12H,1H3. The van der Waals surface area contributed by atoms with Gasteiger partial charge in [-0.25, -0.2) is 4.79 Å². The zero-order valence-corrected chi connectivity index (χ0v) is 15.7. The van der Waals surface area contributed by atoms with Crippen molar-refractivity contribution in [3.8, 4) is 10.4 Å². The molecule has 0 saturated heterocycles. The molecular weight excluding hydrogens is 372 g/mol. The first-order valence-electron chi connectivity index (χ1n) is 8.77. The summed E-state index contributed by atoms with van der Waals surface area (Å²) >= 11 is 1.51. The van der Waals surface area contributed by atoms with Crippen molar-refractivity contribution < 1.29 is 13.6 Å². The van der Waals surface area contributed by atoms with Crippen LogP contribution in [0.15, 0.2) is 79.7 Å². The van der Waals surface area contributed by atoms with E-state index in [-0.39, 0.29) is 11.5 Å². The van der Waals surface area contributed by atoms with E-state index >= 15 is 0 Å². The van der Waals surface area contributed by atoms with E-state index in [4.69, 9.17) is 8.83 Å². The minimum atomic E-state index is -0.424. The molecule has 4 nitrogen and oxygen atoms in total. The quantitative estimate of drug-likeness (QED) is 0.290. The van der Waals surface area contributed by atoms with Crippen molar-refractivity contribution in [2.24, 2.45) is 0 Å². The molecule has 0 fully saturated rings. The summed E-state index contributed by atoms with van der Waals surface area (Å²) in [5, 5.41) is 3.42. The Balaban J connectivity index is 1.92. The Kier molecular flexibility index (Phi) is 3.77. The topological polar surface area (TPSA) is 60.4 Å². The number of aryl methyl sites for hydroxylation is 1. The fourth-order valence-corrected chi connectivity index (χ4v) is 4.27. The molecule has 3 aromatic heterocycles. The fourth-order valence-electron chi connectivity index (χ4n) is 3.50. The summed E-state index contributed by atoms with van der Waals surface area (Å²) in [5.74, 6) is 0.0451. The van der Waals surface area contributed by atoms with Gasteiger partial charge in [0.2, 0.25) is 5.78 Å². The van der Waals surface area contributed by atoms with Gasteiger partial charge in [-0.15, -0.1) is 11.3 Å². The Morgan fingerprint density at radius 1 is 0.964 bits per heavy atom.